The Kier molecular flexibility index (Phi) is 6.98. The van der Waals surface area contributed by atoms with Crippen molar-refractivity contribution in [2.45, 2.75) is 52.1 Å². The lowest BCUT2D eigenvalue weighted by atomic mass is 10.1. The summed E-state index contributed by atoms with van der Waals surface area (Å²) in [5.74, 6) is -1.56. The molecule has 0 aliphatic heterocycles. The number of anilines is 1. The Morgan fingerprint density at radius 1 is 1.21 bits per heavy atom. The van der Waals surface area contributed by atoms with E-state index in [0.717, 1.165) is 42.5 Å². The normalized spacial score (nSPS) is 14.3. The van der Waals surface area contributed by atoms with Crippen LogP contribution in [-0.4, -0.2) is 35.5 Å². The second-order valence-corrected chi connectivity index (χ2v) is 7.87. The van der Waals surface area contributed by atoms with E-state index in [-0.39, 0.29) is 12.2 Å². The van der Waals surface area contributed by atoms with Crippen LogP contribution < -0.4 is 5.32 Å². The van der Waals surface area contributed by atoms with Crippen molar-refractivity contribution in [2.24, 2.45) is 0 Å². The van der Waals surface area contributed by atoms with Crippen LogP contribution >= 0.6 is 11.3 Å². The Labute approximate surface area is 173 Å². The Bertz CT molecular complexity index is 894. The summed E-state index contributed by atoms with van der Waals surface area (Å²) in [6.07, 6.45) is 6.75. The van der Waals surface area contributed by atoms with E-state index in [4.69, 9.17) is 9.47 Å². The molecule has 8 heteroatoms. The van der Waals surface area contributed by atoms with Crippen molar-refractivity contribution >= 4 is 34.2 Å². The van der Waals surface area contributed by atoms with Gasteiger partial charge in [0.15, 0.2) is 6.10 Å². The Morgan fingerprint density at radius 2 is 2.00 bits per heavy atom. The molecule has 1 aliphatic carbocycles. The number of thiophene rings is 1. The zero-order chi connectivity index (χ0) is 20.8. The molecule has 0 fully saturated rings. The monoisotopic (exact) mass is 416 g/mol. The van der Waals surface area contributed by atoms with Gasteiger partial charge in [-0.3, -0.25) is 9.78 Å². The number of amides is 1. The van der Waals surface area contributed by atoms with Gasteiger partial charge < -0.3 is 14.8 Å². The summed E-state index contributed by atoms with van der Waals surface area (Å²) < 4.78 is 10.5. The van der Waals surface area contributed by atoms with E-state index >= 15 is 0 Å². The minimum atomic E-state index is -1.03. The van der Waals surface area contributed by atoms with Crippen LogP contribution in [0.3, 0.4) is 0 Å². The van der Waals surface area contributed by atoms with Gasteiger partial charge >= 0.3 is 11.9 Å². The van der Waals surface area contributed by atoms with Crippen molar-refractivity contribution in [3.63, 3.8) is 0 Å². The number of carbonyl (C=O) groups excluding carboxylic acids is 3. The highest BCUT2D eigenvalue weighted by molar-refractivity contribution is 7.17. The molecule has 0 bridgehead atoms. The fraction of sp³-hybridized carbons (Fsp3) is 0.429. The van der Waals surface area contributed by atoms with E-state index in [9.17, 15) is 14.4 Å². The van der Waals surface area contributed by atoms with Crippen molar-refractivity contribution in [1.29, 1.82) is 0 Å². The number of pyridine rings is 1. The number of aryl methyl sites for hydroxylation is 1. The lowest BCUT2D eigenvalue weighted by Crippen LogP contribution is -2.30. The molecule has 0 radical (unpaired) electrons. The van der Waals surface area contributed by atoms with Crippen LogP contribution in [0.5, 0.6) is 0 Å². The molecule has 7 nitrogen and oxygen atoms in total. The average Bonchev–Trinajstić information content (AvgIpc) is 2.89. The maximum Gasteiger partial charge on any atom is 0.341 e. The predicted octanol–water partition coefficient (Wildman–Crippen LogP) is 3.77. The SMILES string of the molecule is CCOC(=O)c1c(NC(=O)C(C)OC(=O)c2cccnc2)sc2c1CCCCC2. The average molecular weight is 416 g/mol. The first-order valence-corrected chi connectivity index (χ1v) is 10.6. The second-order valence-electron chi connectivity index (χ2n) is 6.77. The molecule has 1 N–H and O–H groups in total. The fourth-order valence-corrected chi connectivity index (χ4v) is 4.51. The summed E-state index contributed by atoms with van der Waals surface area (Å²) in [6, 6.07) is 3.18. The fourth-order valence-electron chi connectivity index (χ4n) is 3.23. The van der Waals surface area contributed by atoms with E-state index in [1.165, 1.54) is 24.5 Å². The van der Waals surface area contributed by atoms with Gasteiger partial charge in [-0.1, -0.05) is 6.42 Å². The Morgan fingerprint density at radius 3 is 2.72 bits per heavy atom. The number of rotatable bonds is 6. The lowest BCUT2D eigenvalue weighted by Gasteiger charge is -2.14. The van der Waals surface area contributed by atoms with Gasteiger partial charge in [-0.25, -0.2) is 9.59 Å². The van der Waals surface area contributed by atoms with Crippen molar-refractivity contribution < 1.29 is 23.9 Å². The van der Waals surface area contributed by atoms with Gasteiger partial charge in [-0.05, 0) is 57.2 Å². The number of hydrogen-bond acceptors (Lipinski definition) is 7. The van der Waals surface area contributed by atoms with E-state index < -0.39 is 23.9 Å². The summed E-state index contributed by atoms with van der Waals surface area (Å²) in [4.78, 5) is 42.3. The molecule has 1 atom stereocenters. The van der Waals surface area contributed by atoms with E-state index in [2.05, 4.69) is 10.3 Å². The molecule has 2 heterocycles. The summed E-state index contributed by atoms with van der Waals surface area (Å²) in [6.45, 7) is 3.50. The highest BCUT2D eigenvalue weighted by atomic mass is 32.1. The van der Waals surface area contributed by atoms with Crippen LogP contribution in [0.25, 0.3) is 0 Å². The van der Waals surface area contributed by atoms with Gasteiger partial charge in [0, 0.05) is 17.3 Å². The van der Waals surface area contributed by atoms with Gasteiger partial charge in [-0.2, -0.15) is 0 Å². The van der Waals surface area contributed by atoms with Crippen molar-refractivity contribution in [3.05, 3.63) is 46.1 Å². The third-order valence-corrected chi connectivity index (χ3v) is 5.90. The summed E-state index contributed by atoms with van der Waals surface area (Å²) in [7, 11) is 0. The highest BCUT2D eigenvalue weighted by Gasteiger charge is 2.28. The molecule has 0 spiro atoms. The molecular weight excluding hydrogens is 392 g/mol. The van der Waals surface area contributed by atoms with Crippen molar-refractivity contribution in [1.82, 2.24) is 4.98 Å². The number of esters is 2. The van der Waals surface area contributed by atoms with Gasteiger partial charge in [0.1, 0.15) is 5.00 Å². The number of hydrogen-bond donors (Lipinski definition) is 1. The highest BCUT2D eigenvalue weighted by Crippen LogP contribution is 2.38. The standard InChI is InChI=1S/C21H24N2O5S/c1-3-27-21(26)17-15-9-5-4-6-10-16(15)29-19(17)23-18(24)13(2)28-20(25)14-8-7-11-22-12-14/h7-8,11-13H,3-6,9-10H2,1-2H3,(H,23,24). The first kappa shape index (κ1) is 21.0. The Hall–Kier alpha value is -2.74. The minimum Gasteiger partial charge on any atom is -0.462 e. The van der Waals surface area contributed by atoms with Crippen LogP contribution in [0.1, 0.15) is 64.3 Å². The van der Waals surface area contributed by atoms with Crippen LogP contribution in [-0.2, 0) is 27.1 Å². The number of nitrogens with one attached hydrogen (secondary N) is 1. The third kappa shape index (κ3) is 5.00. The molecule has 1 aliphatic rings. The molecule has 1 unspecified atom stereocenters. The predicted molar refractivity (Wildman–Crippen MR) is 109 cm³/mol. The first-order chi connectivity index (χ1) is 14.0. The van der Waals surface area contributed by atoms with E-state index in [1.54, 1.807) is 25.3 Å². The molecule has 2 aromatic rings. The van der Waals surface area contributed by atoms with Crippen molar-refractivity contribution in [3.8, 4) is 0 Å². The molecule has 0 saturated carbocycles. The number of ether oxygens (including phenoxy) is 2. The third-order valence-electron chi connectivity index (χ3n) is 4.69. The van der Waals surface area contributed by atoms with Gasteiger partial charge in [0.05, 0.1) is 17.7 Å². The number of nitrogens with zero attached hydrogens (tertiary/aromatic N) is 1. The zero-order valence-electron chi connectivity index (χ0n) is 16.5. The zero-order valence-corrected chi connectivity index (χ0v) is 17.3. The number of carbonyl (C=O) groups is 3. The Balaban J connectivity index is 1.77. The number of fused-ring (bicyclic) bond motifs is 1. The lowest BCUT2D eigenvalue weighted by molar-refractivity contribution is -0.123. The molecular formula is C21H24N2O5S. The van der Waals surface area contributed by atoms with E-state index in [1.807, 2.05) is 0 Å². The van der Waals surface area contributed by atoms with Crippen molar-refractivity contribution in [2.75, 3.05) is 11.9 Å². The summed E-state index contributed by atoms with van der Waals surface area (Å²) >= 11 is 1.41. The van der Waals surface area contributed by atoms with Crippen LogP contribution in [0.15, 0.2) is 24.5 Å². The molecule has 0 saturated heterocycles. The minimum absolute atomic E-state index is 0.260. The molecule has 29 heavy (non-hydrogen) atoms. The quantitative estimate of drug-likeness (QED) is 0.569. The maximum atomic E-state index is 12.6. The van der Waals surface area contributed by atoms with E-state index in [0.29, 0.717) is 10.6 Å². The largest absolute Gasteiger partial charge is 0.462 e. The van der Waals surface area contributed by atoms with Gasteiger partial charge in [0.2, 0.25) is 0 Å². The smallest absolute Gasteiger partial charge is 0.341 e. The second kappa shape index (κ2) is 9.65. The van der Waals surface area contributed by atoms with Gasteiger partial charge in [-0.15, -0.1) is 11.3 Å². The summed E-state index contributed by atoms with van der Waals surface area (Å²) in [5, 5.41) is 3.23. The summed E-state index contributed by atoms with van der Waals surface area (Å²) in [5.41, 5.74) is 1.68. The van der Waals surface area contributed by atoms with Crippen LogP contribution in [0.4, 0.5) is 5.00 Å². The molecule has 154 valence electrons. The maximum absolute atomic E-state index is 12.6. The molecule has 1 amide bonds. The number of aromatic nitrogens is 1. The van der Waals surface area contributed by atoms with Crippen LogP contribution in [0, 0.1) is 0 Å². The topological polar surface area (TPSA) is 94.6 Å². The molecule has 0 aromatic carbocycles. The molecule has 3 rings (SSSR count). The van der Waals surface area contributed by atoms with Gasteiger partial charge in [0.25, 0.3) is 5.91 Å². The van der Waals surface area contributed by atoms with Crippen LogP contribution in [0.2, 0.25) is 0 Å². The molecule has 2 aromatic heterocycles. The first-order valence-electron chi connectivity index (χ1n) is 9.74.